The molecular formula is C14H9Cl2FO2. The summed E-state index contributed by atoms with van der Waals surface area (Å²) in [6.07, 6.45) is 0. The molecule has 98 valence electrons. The van der Waals surface area contributed by atoms with Gasteiger partial charge < -0.3 is 4.74 Å². The van der Waals surface area contributed by atoms with E-state index in [1.165, 1.54) is 12.1 Å². The third kappa shape index (κ3) is 3.46. The van der Waals surface area contributed by atoms with Crippen LogP contribution in [0.2, 0.25) is 10.0 Å². The molecule has 2 aromatic carbocycles. The van der Waals surface area contributed by atoms with Crippen LogP contribution >= 0.6 is 23.2 Å². The van der Waals surface area contributed by atoms with Crippen LogP contribution in [0.1, 0.15) is 10.4 Å². The molecule has 2 nitrogen and oxygen atoms in total. The molecule has 0 aromatic heterocycles. The van der Waals surface area contributed by atoms with E-state index in [1.807, 2.05) is 0 Å². The highest BCUT2D eigenvalue weighted by atomic mass is 35.5. The number of rotatable bonds is 4. The maximum Gasteiger partial charge on any atom is 0.201 e. The molecule has 5 heteroatoms. The average molecular weight is 299 g/mol. The normalized spacial score (nSPS) is 10.3. The molecule has 0 unspecified atom stereocenters. The number of Topliss-reactive ketones (excluding diaryl/α,β-unsaturated/α-hetero) is 1. The lowest BCUT2D eigenvalue weighted by Gasteiger charge is -2.08. The van der Waals surface area contributed by atoms with Crippen LogP contribution in [0.5, 0.6) is 5.75 Å². The van der Waals surface area contributed by atoms with Crippen molar-refractivity contribution < 1.29 is 13.9 Å². The largest absolute Gasteiger partial charge is 0.484 e. The van der Waals surface area contributed by atoms with Crippen LogP contribution in [0, 0.1) is 5.82 Å². The van der Waals surface area contributed by atoms with Crippen LogP contribution in [0.4, 0.5) is 4.39 Å². The zero-order valence-corrected chi connectivity index (χ0v) is 11.2. The summed E-state index contributed by atoms with van der Waals surface area (Å²) < 4.78 is 18.1. The third-order valence-corrected chi connectivity index (χ3v) is 3.05. The zero-order valence-electron chi connectivity index (χ0n) is 9.70. The summed E-state index contributed by atoms with van der Waals surface area (Å²) in [5.41, 5.74) is 0.377. The Kier molecular flexibility index (Phi) is 4.40. The van der Waals surface area contributed by atoms with Crippen LogP contribution < -0.4 is 4.74 Å². The first-order valence-corrected chi connectivity index (χ1v) is 6.19. The van der Waals surface area contributed by atoms with Crippen molar-refractivity contribution >= 4 is 29.0 Å². The number of carbonyl (C=O) groups is 1. The highest BCUT2D eigenvalue weighted by Crippen LogP contribution is 2.25. The molecule has 2 aromatic rings. The highest BCUT2D eigenvalue weighted by Gasteiger charge is 2.11. The van der Waals surface area contributed by atoms with Crippen molar-refractivity contribution in [2.24, 2.45) is 0 Å². The van der Waals surface area contributed by atoms with Crippen molar-refractivity contribution in [1.29, 1.82) is 0 Å². The van der Waals surface area contributed by atoms with Gasteiger partial charge in [0.15, 0.2) is 6.61 Å². The number of halogens is 3. The monoisotopic (exact) mass is 298 g/mol. The summed E-state index contributed by atoms with van der Waals surface area (Å²) in [5.74, 6) is -0.482. The van der Waals surface area contributed by atoms with Gasteiger partial charge in [0.1, 0.15) is 11.6 Å². The Bertz CT molecular complexity index is 614. The van der Waals surface area contributed by atoms with Gasteiger partial charge in [-0.2, -0.15) is 0 Å². The minimum atomic E-state index is -0.463. The number of carbonyl (C=O) groups excluding carboxylic acids is 1. The maximum atomic E-state index is 12.8. The SMILES string of the molecule is O=C(COc1ccc(F)cc1Cl)c1ccccc1Cl. The summed E-state index contributed by atoms with van der Waals surface area (Å²) >= 11 is 11.7. The second-order valence-corrected chi connectivity index (χ2v) is 4.58. The van der Waals surface area contributed by atoms with Gasteiger partial charge in [0.2, 0.25) is 5.78 Å². The van der Waals surface area contributed by atoms with Gasteiger partial charge in [-0.25, -0.2) is 4.39 Å². The summed E-state index contributed by atoms with van der Waals surface area (Å²) in [6, 6.07) is 10.4. The Balaban J connectivity index is 2.07. The number of hydrogen-bond donors (Lipinski definition) is 0. The lowest BCUT2D eigenvalue weighted by Crippen LogP contribution is -2.12. The molecule has 0 saturated heterocycles. The molecule has 0 spiro atoms. The number of ether oxygens (including phenoxy) is 1. The lowest BCUT2D eigenvalue weighted by atomic mass is 10.1. The Morgan fingerprint density at radius 3 is 2.53 bits per heavy atom. The topological polar surface area (TPSA) is 26.3 Å². The van der Waals surface area contributed by atoms with E-state index in [2.05, 4.69) is 0 Å². The summed E-state index contributed by atoms with van der Waals surface area (Å²) in [4.78, 5) is 11.9. The van der Waals surface area contributed by atoms with Crippen molar-refractivity contribution in [1.82, 2.24) is 0 Å². The van der Waals surface area contributed by atoms with Gasteiger partial charge in [-0.05, 0) is 30.3 Å². The van der Waals surface area contributed by atoms with Gasteiger partial charge >= 0.3 is 0 Å². The average Bonchev–Trinajstić information content (AvgIpc) is 2.38. The van der Waals surface area contributed by atoms with E-state index in [1.54, 1.807) is 24.3 Å². The summed E-state index contributed by atoms with van der Waals surface area (Å²) in [7, 11) is 0. The van der Waals surface area contributed by atoms with Crippen molar-refractivity contribution in [2.75, 3.05) is 6.61 Å². The molecule has 0 atom stereocenters. The Hall–Kier alpha value is -1.58. The fraction of sp³-hybridized carbons (Fsp3) is 0.0714. The zero-order chi connectivity index (χ0) is 13.8. The molecule has 0 radical (unpaired) electrons. The molecule has 0 fully saturated rings. The first-order chi connectivity index (χ1) is 9.08. The summed E-state index contributed by atoms with van der Waals surface area (Å²) in [6.45, 7) is -0.213. The van der Waals surface area contributed by atoms with E-state index in [0.29, 0.717) is 10.6 Å². The van der Waals surface area contributed by atoms with Gasteiger partial charge in [-0.1, -0.05) is 35.3 Å². The number of ketones is 1. The van der Waals surface area contributed by atoms with Crippen molar-refractivity contribution in [3.8, 4) is 5.75 Å². The van der Waals surface area contributed by atoms with Gasteiger partial charge in [0.25, 0.3) is 0 Å². The lowest BCUT2D eigenvalue weighted by molar-refractivity contribution is 0.0922. The fourth-order valence-electron chi connectivity index (χ4n) is 1.50. The molecule has 0 N–H and O–H groups in total. The smallest absolute Gasteiger partial charge is 0.201 e. The molecule has 0 heterocycles. The van der Waals surface area contributed by atoms with Gasteiger partial charge in [0.05, 0.1) is 10.0 Å². The van der Waals surface area contributed by atoms with E-state index in [4.69, 9.17) is 27.9 Å². The number of benzene rings is 2. The van der Waals surface area contributed by atoms with Gasteiger partial charge in [-0.15, -0.1) is 0 Å². The van der Waals surface area contributed by atoms with Crippen LogP contribution in [0.3, 0.4) is 0 Å². The van der Waals surface area contributed by atoms with E-state index in [-0.39, 0.29) is 23.2 Å². The second-order valence-electron chi connectivity index (χ2n) is 3.77. The Morgan fingerprint density at radius 1 is 1.11 bits per heavy atom. The minimum Gasteiger partial charge on any atom is -0.484 e. The molecule has 0 bridgehead atoms. The standard InChI is InChI=1S/C14H9Cl2FO2/c15-11-4-2-1-3-10(11)13(18)8-19-14-6-5-9(17)7-12(14)16/h1-7H,8H2. The van der Waals surface area contributed by atoms with Crippen LogP contribution in [0.15, 0.2) is 42.5 Å². The minimum absolute atomic E-state index is 0.118. The third-order valence-electron chi connectivity index (χ3n) is 2.43. The van der Waals surface area contributed by atoms with Gasteiger partial charge in [0, 0.05) is 5.56 Å². The summed E-state index contributed by atoms with van der Waals surface area (Å²) in [5, 5.41) is 0.480. The van der Waals surface area contributed by atoms with E-state index < -0.39 is 5.82 Å². The molecular weight excluding hydrogens is 290 g/mol. The number of hydrogen-bond acceptors (Lipinski definition) is 2. The predicted octanol–water partition coefficient (Wildman–Crippen LogP) is 4.39. The molecule has 0 aliphatic heterocycles. The molecule has 0 aliphatic rings. The molecule has 2 rings (SSSR count). The Morgan fingerprint density at radius 2 is 1.84 bits per heavy atom. The maximum absolute atomic E-state index is 12.8. The Labute approximate surface area is 119 Å². The van der Waals surface area contributed by atoms with Crippen molar-refractivity contribution in [3.63, 3.8) is 0 Å². The highest BCUT2D eigenvalue weighted by molar-refractivity contribution is 6.34. The molecule has 0 amide bonds. The second kappa shape index (κ2) is 6.04. The quantitative estimate of drug-likeness (QED) is 0.782. The van der Waals surface area contributed by atoms with Crippen molar-refractivity contribution in [2.45, 2.75) is 0 Å². The molecule has 0 saturated carbocycles. The van der Waals surface area contributed by atoms with Crippen molar-refractivity contribution in [3.05, 3.63) is 63.9 Å². The first kappa shape index (κ1) is 13.8. The van der Waals surface area contributed by atoms with Crippen LogP contribution in [-0.2, 0) is 0 Å². The van der Waals surface area contributed by atoms with E-state index in [9.17, 15) is 9.18 Å². The fourth-order valence-corrected chi connectivity index (χ4v) is 1.96. The van der Waals surface area contributed by atoms with E-state index in [0.717, 1.165) is 6.07 Å². The first-order valence-electron chi connectivity index (χ1n) is 5.43. The molecule has 0 aliphatic carbocycles. The van der Waals surface area contributed by atoms with E-state index >= 15 is 0 Å². The van der Waals surface area contributed by atoms with Crippen LogP contribution in [0.25, 0.3) is 0 Å². The van der Waals surface area contributed by atoms with Crippen LogP contribution in [-0.4, -0.2) is 12.4 Å². The molecule has 19 heavy (non-hydrogen) atoms. The predicted molar refractivity (Wildman–Crippen MR) is 72.7 cm³/mol. The van der Waals surface area contributed by atoms with Gasteiger partial charge in [-0.3, -0.25) is 4.79 Å².